The fourth-order valence-corrected chi connectivity index (χ4v) is 2.59. The molecule has 0 amide bonds. The third-order valence-electron chi connectivity index (χ3n) is 2.20. The van der Waals surface area contributed by atoms with Crippen molar-refractivity contribution in [1.82, 2.24) is 0 Å². The first kappa shape index (κ1) is 15.3. The van der Waals surface area contributed by atoms with E-state index >= 15 is 0 Å². The van der Waals surface area contributed by atoms with Crippen LogP contribution in [0, 0.1) is 0 Å². The Bertz CT molecular complexity index is 218. The lowest BCUT2D eigenvalue weighted by Gasteiger charge is -2.13. The van der Waals surface area contributed by atoms with Gasteiger partial charge in [0.1, 0.15) is 0 Å². The van der Waals surface area contributed by atoms with Gasteiger partial charge in [-0.3, -0.25) is 9.59 Å². The zero-order valence-corrected chi connectivity index (χ0v) is 10.5. The number of aliphatic carboxylic acids is 2. The molecule has 0 bridgehead atoms. The SMILES string of the molecule is CCCCCC(CC(=O)O)SCCC(=O)O. The highest BCUT2D eigenvalue weighted by molar-refractivity contribution is 7.99. The van der Waals surface area contributed by atoms with E-state index in [1.807, 2.05) is 0 Å². The monoisotopic (exact) mass is 248 g/mol. The molecule has 94 valence electrons. The molecule has 5 heteroatoms. The highest BCUT2D eigenvalue weighted by Crippen LogP contribution is 2.22. The quantitative estimate of drug-likeness (QED) is 0.581. The van der Waals surface area contributed by atoms with Crippen molar-refractivity contribution in [2.75, 3.05) is 5.75 Å². The van der Waals surface area contributed by atoms with Crippen LogP contribution in [-0.2, 0) is 9.59 Å². The van der Waals surface area contributed by atoms with Crippen molar-refractivity contribution in [3.8, 4) is 0 Å². The first-order valence-electron chi connectivity index (χ1n) is 5.61. The average molecular weight is 248 g/mol. The lowest BCUT2D eigenvalue weighted by Crippen LogP contribution is -2.11. The van der Waals surface area contributed by atoms with Crippen molar-refractivity contribution in [3.63, 3.8) is 0 Å². The minimum atomic E-state index is -0.824. The molecule has 0 aliphatic heterocycles. The summed E-state index contributed by atoms with van der Waals surface area (Å²) in [5, 5.41) is 17.3. The molecule has 1 atom stereocenters. The summed E-state index contributed by atoms with van der Waals surface area (Å²) in [5.41, 5.74) is 0. The lowest BCUT2D eigenvalue weighted by molar-refractivity contribution is -0.137. The summed E-state index contributed by atoms with van der Waals surface area (Å²) < 4.78 is 0. The maximum absolute atomic E-state index is 10.6. The standard InChI is InChI=1S/C11H20O4S/c1-2-3-4-5-9(8-11(14)15)16-7-6-10(12)13/h9H,2-8H2,1H3,(H,12,13)(H,14,15). The van der Waals surface area contributed by atoms with Crippen LogP contribution in [-0.4, -0.2) is 33.2 Å². The van der Waals surface area contributed by atoms with Crippen molar-refractivity contribution < 1.29 is 19.8 Å². The molecule has 4 nitrogen and oxygen atoms in total. The van der Waals surface area contributed by atoms with Crippen molar-refractivity contribution in [1.29, 1.82) is 0 Å². The van der Waals surface area contributed by atoms with E-state index in [1.54, 1.807) is 0 Å². The lowest BCUT2D eigenvalue weighted by atomic mass is 10.1. The molecule has 0 aromatic heterocycles. The number of carbonyl (C=O) groups is 2. The predicted molar refractivity (Wildman–Crippen MR) is 64.9 cm³/mol. The summed E-state index contributed by atoms with van der Waals surface area (Å²) in [4.78, 5) is 20.9. The van der Waals surface area contributed by atoms with E-state index < -0.39 is 11.9 Å². The first-order valence-corrected chi connectivity index (χ1v) is 6.66. The Kier molecular flexibility index (Phi) is 9.09. The van der Waals surface area contributed by atoms with Crippen LogP contribution in [0.1, 0.15) is 45.4 Å². The molecule has 0 spiro atoms. The fraction of sp³-hybridized carbons (Fsp3) is 0.818. The van der Waals surface area contributed by atoms with Crippen molar-refractivity contribution in [3.05, 3.63) is 0 Å². The number of hydrogen-bond acceptors (Lipinski definition) is 3. The van der Waals surface area contributed by atoms with E-state index in [2.05, 4.69) is 6.92 Å². The minimum absolute atomic E-state index is 0.0587. The third-order valence-corrected chi connectivity index (χ3v) is 3.52. The van der Waals surface area contributed by atoms with Crippen LogP contribution >= 0.6 is 11.8 Å². The number of thioether (sulfide) groups is 1. The summed E-state index contributed by atoms with van der Waals surface area (Å²) in [7, 11) is 0. The van der Waals surface area contributed by atoms with Crippen molar-refractivity contribution in [2.45, 2.75) is 50.7 Å². The van der Waals surface area contributed by atoms with Crippen molar-refractivity contribution in [2.24, 2.45) is 0 Å². The Morgan fingerprint density at radius 1 is 1.19 bits per heavy atom. The number of carboxylic acids is 2. The summed E-state index contributed by atoms with van der Waals surface area (Å²) >= 11 is 1.47. The summed E-state index contributed by atoms with van der Waals surface area (Å²) in [6.45, 7) is 2.10. The normalized spacial score (nSPS) is 12.3. The molecule has 16 heavy (non-hydrogen) atoms. The minimum Gasteiger partial charge on any atom is -0.481 e. The fourth-order valence-electron chi connectivity index (χ4n) is 1.37. The smallest absolute Gasteiger partial charge is 0.304 e. The maximum atomic E-state index is 10.6. The third kappa shape index (κ3) is 9.83. The molecule has 0 radical (unpaired) electrons. The van der Waals surface area contributed by atoms with Gasteiger partial charge in [-0.25, -0.2) is 0 Å². The second kappa shape index (κ2) is 9.51. The van der Waals surface area contributed by atoms with Gasteiger partial charge in [-0.1, -0.05) is 26.2 Å². The van der Waals surface area contributed by atoms with Crippen LogP contribution in [0.2, 0.25) is 0 Å². The van der Waals surface area contributed by atoms with Crippen LogP contribution in [0.25, 0.3) is 0 Å². The van der Waals surface area contributed by atoms with Gasteiger partial charge in [-0.15, -0.1) is 0 Å². The summed E-state index contributed by atoms with van der Waals surface area (Å²) in [6.07, 6.45) is 4.34. The van der Waals surface area contributed by atoms with E-state index in [1.165, 1.54) is 11.8 Å². The molecule has 0 rings (SSSR count). The van der Waals surface area contributed by atoms with Gasteiger partial charge in [-0.05, 0) is 6.42 Å². The molecule has 0 aliphatic rings. The van der Waals surface area contributed by atoms with Crippen LogP contribution in [0.5, 0.6) is 0 Å². The molecule has 2 N–H and O–H groups in total. The van der Waals surface area contributed by atoms with E-state index in [0.717, 1.165) is 25.7 Å². The van der Waals surface area contributed by atoms with Gasteiger partial charge in [0.05, 0.1) is 12.8 Å². The van der Waals surface area contributed by atoms with Gasteiger partial charge in [0, 0.05) is 11.0 Å². The molecule has 0 fully saturated rings. The van der Waals surface area contributed by atoms with Crippen LogP contribution < -0.4 is 0 Å². The second-order valence-electron chi connectivity index (χ2n) is 3.73. The zero-order chi connectivity index (χ0) is 12.4. The molecule has 0 aromatic rings. The molecular weight excluding hydrogens is 228 g/mol. The number of unbranched alkanes of at least 4 members (excludes halogenated alkanes) is 2. The van der Waals surface area contributed by atoms with Gasteiger partial charge < -0.3 is 10.2 Å². The summed E-state index contributed by atoms with van der Waals surface area (Å²) in [6, 6.07) is 0. The Balaban J connectivity index is 3.80. The largest absolute Gasteiger partial charge is 0.481 e. The Hall–Kier alpha value is -0.710. The highest BCUT2D eigenvalue weighted by Gasteiger charge is 2.13. The second-order valence-corrected chi connectivity index (χ2v) is 5.14. The van der Waals surface area contributed by atoms with E-state index in [-0.39, 0.29) is 18.1 Å². The molecule has 0 saturated heterocycles. The number of hydrogen-bond donors (Lipinski definition) is 2. The Morgan fingerprint density at radius 2 is 1.88 bits per heavy atom. The number of carboxylic acid groups (broad SMARTS) is 2. The van der Waals surface area contributed by atoms with Gasteiger partial charge in [0.15, 0.2) is 0 Å². The van der Waals surface area contributed by atoms with Gasteiger partial charge >= 0.3 is 11.9 Å². The van der Waals surface area contributed by atoms with E-state index in [4.69, 9.17) is 10.2 Å². The van der Waals surface area contributed by atoms with Gasteiger partial charge in [0.2, 0.25) is 0 Å². The highest BCUT2D eigenvalue weighted by atomic mass is 32.2. The Morgan fingerprint density at radius 3 is 2.38 bits per heavy atom. The average Bonchev–Trinajstić information content (AvgIpc) is 2.16. The van der Waals surface area contributed by atoms with Crippen LogP contribution in [0.15, 0.2) is 0 Å². The van der Waals surface area contributed by atoms with Gasteiger partial charge in [-0.2, -0.15) is 11.8 Å². The number of rotatable bonds is 10. The molecular formula is C11H20O4S. The van der Waals surface area contributed by atoms with E-state index in [0.29, 0.717) is 5.75 Å². The molecule has 0 heterocycles. The molecule has 0 saturated carbocycles. The summed E-state index contributed by atoms with van der Waals surface area (Å²) in [5.74, 6) is -1.13. The van der Waals surface area contributed by atoms with Crippen LogP contribution in [0.3, 0.4) is 0 Å². The zero-order valence-electron chi connectivity index (χ0n) is 9.65. The van der Waals surface area contributed by atoms with E-state index in [9.17, 15) is 9.59 Å². The molecule has 0 aliphatic carbocycles. The Labute approximate surface area is 100 Å². The van der Waals surface area contributed by atoms with Crippen molar-refractivity contribution >= 4 is 23.7 Å². The predicted octanol–water partition coefficient (Wildman–Crippen LogP) is 2.62. The molecule has 0 aromatic carbocycles. The van der Waals surface area contributed by atoms with Gasteiger partial charge in [0.25, 0.3) is 0 Å². The first-order chi connectivity index (χ1) is 7.56. The molecule has 1 unspecified atom stereocenters. The topological polar surface area (TPSA) is 74.6 Å². The van der Waals surface area contributed by atoms with Crippen LogP contribution in [0.4, 0.5) is 0 Å². The maximum Gasteiger partial charge on any atom is 0.304 e.